The standard InChI is InChI=1S/C15H22N4O/c1-18(2)15(20)12-4-3-9-19(10-12)13-7-8-16-14(17-13)11-5-6-11/h7-8,11-12H,3-6,9-10H2,1-2H3. The van der Waals surface area contributed by atoms with Crippen molar-refractivity contribution in [3.63, 3.8) is 0 Å². The van der Waals surface area contributed by atoms with Gasteiger partial charge in [0.2, 0.25) is 5.91 Å². The van der Waals surface area contributed by atoms with Crippen LogP contribution in [0.4, 0.5) is 5.82 Å². The Morgan fingerprint density at radius 3 is 2.85 bits per heavy atom. The minimum absolute atomic E-state index is 0.0955. The van der Waals surface area contributed by atoms with Gasteiger partial charge in [0.1, 0.15) is 11.6 Å². The van der Waals surface area contributed by atoms with Gasteiger partial charge in [0.25, 0.3) is 0 Å². The molecule has 0 radical (unpaired) electrons. The van der Waals surface area contributed by atoms with Crippen LogP contribution in [0.25, 0.3) is 0 Å². The van der Waals surface area contributed by atoms with Crippen LogP contribution in [-0.2, 0) is 4.79 Å². The number of nitrogens with zero attached hydrogens (tertiary/aromatic N) is 4. The second-order valence-corrected chi connectivity index (χ2v) is 6.07. The molecular formula is C15H22N4O. The molecule has 2 heterocycles. The van der Waals surface area contributed by atoms with Crippen LogP contribution in [-0.4, -0.2) is 48.0 Å². The zero-order chi connectivity index (χ0) is 14.1. The molecule has 1 aromatic heterocycles. The zero-order valence-electron chi connectivity index (χ0n) is 12.2. The van der Waals surface area contributed by atoms with Gasteiger partial charge in [0.05, 0.1) is 5.92 Å². The molecule has 1 aliphatic carbocycles. The van der Waals surface area contributed by atoms with Crippen molar-refractivity contribution in [3.8, 4) is 0 Å². The van der Waals surface area contributed by atoms with Crippen molar-refractivity contribution in [3.05, 3.63) is 18.1 Å². The Morgan fingerprint density at radius 2 is 2.15 bits per heavy atom. The van der Waals surface area contributed by atoms with E-state index in [0.717, 1.165) is 37.6 Å². The van der Waals surface area contributed by atoms with Crippen LogP contribution in [0.1, 0.15) is 37.4 Å². The monoisotopic (exact) mass is 274 g/mol. The number of piperidine rings is 1. The second-order valence-electron chi connectivity index (χ2n) is 6.07. The number of amides is 1. The number of hydrogen-bond donors (Lipinski definition) is 0. The minimum Gasteiger partial charge on any atom is -0.356 e. The van der Waals surface area contributed by atoms with Crippen molar-refractivity contribution >= 4 is 11.7 Å². The lowest BCUT2D eigenvalue weighted by molar-refractivity contribution is -0.133. The first-order chi connectivity index (χ1) is 9.65. The van der Waals surface area contributed by atoms with Gasteiger partial charge in [-0.2, -0.15) is 0 Å². The third-order valence-corrected chi connectivity index (χ3v) is 4.14. The summed E-state index contributed by atoms with van der Waals surface area (Å²) in [6.07, 6.45) is 6.31. The normalized spacial score (nSPS) is 22.7. The zero-order valence-corrected chi connectivity index (χ0v) is 12.2. The molecule has 2 fully saturated rings. The van der Waals surface area contributed by atoms with Crippen molar-refractivity contribution in [1.29, 1.82) is 0 Å². The lowest BCUT2D eigenvalue weighted by Gasteiger charge is -2.34. The Morgan fingerprint density at radius 1 is 1.35 bits per heavy atom. The van der Waals surface area contributed by atoms with Crippen LogP contribution < -0.4 is 4.90 Å². The lowest BCUT2D eigenvalue weighted by atomic mass is 9.97. The SMILES string of the molecule is CN(C)C(=O)C1CCCN(c2ccnc(C3CC3)n2)C1. The summed E-state index contributed by atoms with van der Waals surface area (Å²) in [5, 5.41) is 0. The van der Waals surface area contributed by atoms with Crippen molar-refractivity contribution in [2.24, 2.45) is 5.92 Å². The number of carbonyl (C=O) groups excluding carboxylic acids is 1. The van der Waals surface area contributed by atoms with Crippen molar-refractivity contribution in [2.75, 3.05) is 32.1 Å². The van der Waals surface area contributed by atoms with E-state index in [-0.39, 0.29) is 11.8 Å². The Kier molecular flexibility index (Phi) is 3.59. The van der Waals surface area contributed by atoms with Gasteiger partial charge in [-0.3, -0.25) is 4.79 Å². The van der Waals surface area contributed by atoms with Crippen LogP contribution >= 0.6 is 0 Å². The number of anilines is 1. The summed E-state index contributed by atoms with van der Waals surface area (Å²) in [7, 11) is 3.66. The van der Waals surface area contributed by atoms with Crippen molar-refractivity contribution < 1.29 is 4.79 Å². The molecule has 1 saturated heterocycles. The second kappa shape index (κ2) is 5.38. The molecule has 0 N–H and O–H groups in total. The summed E-state index contributed by atoms with van der Waals surface area (Å²) >= 11 is 0. The quantitative estimate of drug-likeness (QED) is 0.841. The topological polar surface area (TPSA) is 49.3 Å². The van der Waals surface area contributed by atoms with Gasteiger partial charge in [0.15, 0.2) is 0 Å². The fraction of sp³-hybridized carbons (Fsp3) is 0.667. The van der Waals surface area contributed by atoms with Gasteiger partial charge in [-0.15, -0.1) is 0 Å². The van der Waals surface area contributed by atoms with E-state index in [2.05, 4.69) is 14.9 Å². The molecule has 1 atom stereocenters. The first kappa shape index (κ1) is 13.3. The van der Waals surface area contributed by atoms with E-state index >= 15 is 0 Å². The van der Waals surface area contributed by atoms with E-state index in [4.69, 9.17) is 0 Å². The molecule has 20 heavy (non-hydrogen) atoms. The van der Waals surface area contributed by atoms with Gasteiger partial charge in [0, 0.05) is 39.3 Å². The molecular weight excluding hydrogens is 252 g/mol. The molecule has 2 aliphatic rings. The fourth-order valence-electron chi connectivity index (χ4n) is 2.83. The van der Waals surface area contributed by atoms with Gasteiger partial charge >= 0.3 is 0 Å². The average Bonchev–Trinajstić information content (AvgIpc) is 3.31. The molecule has 1 amide bonds. The molecule has 5 nitrogen and oxygen atoms in total. The van der Waals surface area contributed by atoms with E-state index in [1.807, 2.05) is 26.4 Å². The Hall–Kier alpha value is -1.65. The molecule has 0 bridgehead atoms. The first-order valence-corrected chi connectivity index (χ1v) is 7.44. The summed E-state index contributed by atoms with van der Waals surface area (Å²) in [5.41, 5.74) is 0. The maximum Gasteiger partial charge on any atom is 0.226 e. The van der Waals surface area contributed by atoms with Crippen LogP contribution in [0.3, 0.4) is 0 Å². The summed E-state index contributed by atoms with van der Waals surface area (Å²) < 4.78 is 0. The predicted molar refractivity (Wildman–Crippen MR) is 77.6 cm³/mol. The highest BCUT2D eigenvalue weighted by molar-refractivity contribution is 5.79. The smallest absolute Gasteiger partial charge is 0.226 e. The molecule has 1 aromatic rings. The molecule has 108 valence electrons. The number of carbonyl (C=O) groups is 1. The van der Waals surface area contributed by atoms with Crippen LogP contribution in [0, 0.1) is 5.92 Å². The highest BCUT2D eigenvalue weighted by Gasteiger charge is 2.30. The Labute approximate surface area is 120 Å². The maximum absolute atomic E-state index is 12.1. The Bertz CT molecular complexity index is 498. The van der Waals surface area contributed by atoms with Gasteiger partial charge in [-0.1, -0.05) is 0 Å². The number of hydrogen-bond acceptors (Lipinski definition) is 4. The molecule has 0 aromatic carbocycles. The number of rotatable bonds is 3. The molecule has 1 aliphatic heterocycles. The summed E-state index contributed by atoms with van der Waals surface area (Å²) in [6.45, 7) is 1.76. The maximum atomic E-state index is 12.1. The van der Waals surface area contributed by atoms with Crippen LogP contribution in [0.5, 0.6) is 0 Å². The predicted octanol–water partition coefficient (Wildman–Crippen LogP) is 1.66. The fourth-order valence-corrected chi connectivity index (χ4v) is 2.83. The Balaban J connectivity index is 1.73. The first-order valence-electron chi connectivity index (χ1n) is 7.44. The highest BCUT2D eigenvalue weighted by atomic mass is 16.2. The third kappa shape index (κ3) is 2.76. The summed E-state index contributed by atoms with van der Waals surface area (Å²) in [4.78, 5) is 25.1. The van der Waals surface area contributed by atoms with Gasteiger partial charge in [-0.05, 0) is 31.7 Å². The molecule has 1 unspecified atom stereocenters. The summed E-state index contributed by atoms with van der Waals surface area (Å²) in [6, 6.07) is 1.97. The summed E-state index contributed by atoms with van der Waals surface area (Å²) in [5.74, 6) is 2.85. The van der Waals surface area contributed by atoms with Gasteiger partial charge in [-0.25, -0.2) is 9.97 Å². The molecule has 1 saturated carbocycles. The van der Waals surface area contributed by atoms with Crippen molar-refractivity contribution in [2.45, 2.75) is 31.6 Å². The van der Waals surface area contributed by atoms with Crippen LogP contribution in [0.2, 0.25) is 0 Å². The van der Waals surface area contributed by atoms with E-state index in [0.29, 0.717) is 5.92 Å². The van der Waals surface area contributed by atoms with Crippen LogP contribution in [0.15, 0.2) is 12.3 Å². The molecule has 5 heteroatoms. The lowest BCUT2D eigenvalue weighted by Crippen LogP contribution is -2.43. The van der Waals surface area contributed by atoms with Crippen molar-refractivity contribution in [1.82, 2.24) is 14.9 Å². The average molecular weight is 274 g/mol. The van der Waals surface area contributed by atoms with E-state index < -0.39 is 0 Å². The highest BCUT2D eigenvalue weighted by Crippen LogP contribution is 2.38. The largest absolute Gasteiger partial charge is 0.356 e. The van der Waals surface area contributed by atoms with E-state index in [1.165, 1.54) is 12.8 Å². The van der Waals surface area contributed by atoms with E-state index in [9.17, 15) is 4.79 Å². The molecule has 3 rings (SSSR count). The number of aromatic nitrogens is 2. The third-order valence-electron chi connectivity index (χ3n) is 4.14. The van der Waals surface area contributed by atoms with E-state index in [1.54, 1.807) is 4.90 Å². The minimum atomic E-state index is 0.0955. The van der Waals surface area contributed by atoms with Gasteiger partial charge < -0.3 is 9.80 Å². The molecule has 0 spiro atoms.